The summed E-state index contributed by atoms with van der Waals surface area (Å²) >= 11 is 0. The molecule has 1 saturated heterocycles. The highest BCUT2D eigenvalue weighted by atomic mass is 16.4. The van der Waals surface area contributed by atoms with Crippen molar-refractivity contribution in [3.8, 4) is 0 Å². The third kappa shape index (κ3) is 5.06. The molecule has 0 aromatic rings. The van der Waals surface area contributed by atoms with Gasteiger partial charge in [-0.2, -0.15) is 0 Å². The Bertz CT molecular complexity index is 314. The minimum Gasteiger partial charge on any atom is -0.480 e. The summed E-state index contributed by atoms with van der Waals surface area (Å²) in [6.07, 6.45) is 2.26. The number of urea groups is 1. The summed E-state index contributed by atoms with van der Waals surface area (Å²) in [5.74, 6) is -0.744. The summed E-state index contributed by atoms with van der Waals surface area (Å²) in [5, 5.41) is 15.0. The summed E-state index contributed by atoms with van der Waals surface area (Å²) < 4.78 is 0. The highest BCUT2D eigenvalue weighted by Crippen LogP contribution is 2.11. The number of carboxylic acid groups (broad SMARTS) is 1. The quantitative estimate of drug-likeness (QED) is 0.693. The van der Waals surface area contributed by atoms with Crippen LogP contribution in [0.2, 0.25) is 0 Å². The lowest BCUT2D eigenvalue weighted by Crippen LogP contribution is -2.52. The van der Waals surface area contributed by atoms with Gasteiger partial charge in [-0.3, -0.25) is 0 Å². The van der Waals surface area contributed by atoms with Crippen LogP contribution in [0.1, 0.15) is 33.1 Å². The molecule has 0 aromatic heterocycles. The third-order valence-corrected chi connectivity index (χ3v) is 3.48. The Morgan fingerprint density at radius 2 is 1.95 bits per heavy atom. The van der Waals surface area contributed by atoms with E-state index in [0.717, 1.165) is 25.9 Å². The molecule has 110 valence electrons. The van der Waals surface area contributed by atoms with Gasteiger partial charge < -0.3 is 20.6 Å². The van der Waals surface area contributed by atoms with Crippen molar-refractivity contribution in [2.45, 2.75) is 45.2 Å². The number of amides is 2. The molecule has 0 aliphatic carbocycles. The van der Waals surface area contributed by atoms with Gasteiger partial charge in [0.15, 0.2) is 0 Å². The minimum atomic E-state index is -0.972. The van der Waals surface area contributed by atoms with E-state index in [0.29, 0.717) is 6.42 Å². The molecule has 1 fully saturated rings. The first kappa shape index (κ1) is 15.8. The molecule has 6 nitrogen and oxygen atoms in total. The van der Waals surface area contributed by atoms with E-state index in [1.807, 2.05) is 13.8 Å². The molecule has 3 N–H and O–H groups in total. The van der Waals surface area contributed by atoms with Gasteiger partial charge in [-0.15, -0.1) is 0 Å². The molecule has 1 aliphatic rings. The maximum atomic E-state index is 12.1. The Hall–Kier alpha value is -1.30. The van der Waals surface area contributed by atoms with Gasteiger partial charge in [0.1, 0.15) is 6.04 Å². The average Bonchev–Trinajstić information content (AvgIpc) is 2.37. The highest BCUT2D eigenvalue weighted by Gasteiger charge is 2.26. The van der Waals surface area contributed by atoms with Crippen molar-refractivity contribution >= 4 is 12.0 Å². The van der Waals surface area contributed by atoms with Crippen LogP contribution in [0.4, 0.5) is 4.79 Å². The van der Waals surface area contributed by atoms with Gasteiger partial charge >= 0.3 is 12.0 Å². The normalized spacial score (nSPS) is 18.1. The van der Waals surface area contributed by atoms with E-state index in [9.17, 15) is 9.59 Å². The predicted octanol–water partition coefficient (Wildman–Crippen LogP) is 0.879. The number of carboxylic acids is 1. The van der Waals surface area contributed by atoms with E-state index in [2.05, 4.69) is 10.6 Å². The number of piperidine rings is 1. The third-order valence-electron chi connectivity index (χ3n) is 3.48. The fraction of sp³-hybridized carbons (Fsp3) is 0.846. The molecule has 0 saturated carbocycles. The van der Waals surface area contributed by atoms with Crippen LogP contribution in [-0.4, -0.2) is 54.2 Å². The van der Waals surface area contributed by atoms with E-state index < -0.39 is 12.0 Å². The topological polar surface area (TPSA) is 81.7 Å². The lowest BCUT2D eigenvalue weighted by atomic mass is 10.0. The van der Waals surface area contributed by atoms with Crippen LogP contribution < -0.4 is 10.6 Å². The fourth-order valence-electron chi connectivity index (χ4n) is 2.30. The number of nitrogens with zero attached hydrogens (tertiary/aromatic N) is 1. The second-order valence-corrected chi connectivity index (χ2v) is 5.56. The summed E-state index contributed by atoms with van der Waals surface area (Å²) in [6, 6.07) is -0.911. The zero-order valence-corrected chi connectivity index (χ0v) is 12.0. The van der Waals surface area contributed by atoms with Crippen LogP contribution in [0.25, 0.3) is 0 Å². The van der Waals surface area contributed by atoms with Crippen molar-refractivity contribution in [2.75, 3.05) is 20.1 Å². The molecular formula is C13H25N3O3. The molecule has 0 aromatic carbocycles. The van der Waals surface area contributed by atoms with Crippen molar-refractivity contribution in [2.24, 2.45) is 5.92 Å². The molecule has 1 aliphatic heterocycles. The number of carbonyl (C=O) groups excluding carboxylic acids is 1. The van der Waals surface area contributed by atoms with Gasteiger partial charge in [0.2, 0.25) is 0 Å². The molecule has 6 heteroatoms. The largest absolute Gasteiger partial charge is 0.480 e. The molecule has 1 heterocycles. The number of aliphatic carboxylic acids is 1. The SMILES string of the molecule is CC(C)C[C@@H](NC(=O)N(C)C1CCNCC1)C(=O)O. The molecule has 0 bridgehead atoms. The zero-order chi connectivity index (χ0) is 14.4. The van der Waals surface area contributed by atoms with Gasteiger partial charge in [-0.25, -0.2) is 9.59 Å². The zero-order valence-electron chi connectivity index (χ0n) is 12.0. The van der Waals surface area contributed by atoms with Crippen LogP contribution in [0.15, 0.2) is 0 Å². The Kier molecular flexibility index (Phi) is 6.08. The van der Waals surface area contributed by atoms with Crippen molar-refractivity contribution in [3.63, 3.8) is 0 Å². The number of nitrogens with one attached hydrogen (secondary N) is 2. The van der Waals surface area contributed by atoms with Crippen LogP contribution in [0.5, 0.6) is 0 Å². The van der Waals surface area contributed by atoms with Crippen LogP contribution in [0, 0.1) is 5.92 Å². The fourth-order valence-corrected chi connectivity index (χ4v) is 2.30. The summed E-state index contributed by atoms with van der Waals surface area (Å²) in [6.45, 7) is 5.69. The van der Waals surface area contributed by atoms with E-state index in [-0.39, 0.29) is 18.0 Å². The Labute approximate surface area is 114 Å². The first-order valence-electron chi connectivity index (χ1n) is 6.88. The second-order valence-electron chi connectivity index (χ2n) is 5.56. The van der Waals surface area contributed by atoms with E-state index in [1.54, 1.807) is 11.9 Å². The van der Waals surface area contributed by atoms with Crippen molar-refractivity contribution in [1.29, 1.82) is 0 Å². The first-order chi connectivity index (χ1) is 8.91. The molecular weight excluding hydrogens is 246 g/mol. The van der Waals surface area contributed by atoms with Crippen LogP contribution in [-0.2, 0) is 4.79 Å². The molecule has 1 rings (SSSR count). The van der Waals surface area contributed by atoms with Crippen LogP contribution >= 0.6 is 0 Å². The smallest absolute Gasteiger partial charge is 0.326 e. The number of hydrogen-bond donors (Lipinski definition) is 3. The van der Waals surface area contributed by atoms with E-state index in [1.165, 1.54) is 0 Å². The molecule has 0 radical (unpaired) electrons. The van der Waals surface area contributed by atoms with E-state index in [4.69, 9.17) is 5.11 Å². The predicted molar refractivity (Wildman–Crippen MR) is 73.1 cm³/mol. The standard InChI is InChI=1S/C13H25N3O3/c1-9(2)8-11(12(17)18)15-13(19)16(3)10-4-6-14-7-5-10/h9-11,14H,4-8H2,1-3H3,(H,15,19)(H,17,18)/t11-/m1/s1. The van der Waals surface area contributed by atoms with Crippen LogP contribution in [0.3, 0.4) is 0 Å². The Morgan fingerprint density at radius 1 is 1.37 bits per heavy atom. The van der Waals surface area contributed by atoms with Gasteiger partial charge in [0.25, 0.3) is 0 Å². The molecule has 0 spiro atoms. The Morgan fingerprint density at radius 3 is 2.42 bits per heavy atom. The number of hydrogen-bond acceptors (Lipinski definition) is 3. The first-order valence-corrected chi connectivity index (χ1v) is 6.88. The van der Waals surface area contributed by atoms with Crippen molar-refractivity contribution in [1.82, 2.24) is 15.5 Å². The van der Waals surface area contributed by atoms with Gasteiger partial charge in [-0.05, 0) is 38.3 Å². The number of rotatable bonds is 5. The summed E-state index contributed by atoms with van der Waals surface area (Å²) in [5.41, 5.74) is 0. The molecule has 2 amide bonds. The van der Waals surface area contributed by atoms with Gasteiger partial charge in [0.05, 0.1) is 0 Å². The maximum absolute atomic E-state index is 12.1. The summed E-state index contributed by atoms with van der Waals surface area (Å²) in [4.78, 5) is 24.8. The molecule has 0 unspecified atom stereocenters. The highest BCUT2D eigenvalue weighted by molar-refractivity contribution is 5.82. The van der Waals surface area contributed by atoms with Crippen molar-refractivity contribution in [3.05, 3.63) is 0 Å². The summed E-state index contributed by atoms with van der Waals surface area (Å²) in [7, 11) is 1.74. The lowest BCUT2D eigenvalue weighted by Gasteiger charge is -2.32. The maximum Gasteiger partial charge on any atom is 0.326 e. The average molecular weight is 271 g/mol. The molecule has 19 heavy (non-hydrogen) atoms. The Balaban J connectivity index is 2.52. The lowest BCUT2D eigenvalue weighted by molar-refractivity contribution is -0.139. The minimum absolute atomic E-state index is 0.190. The van der Waals surface area contributed by atoms with E-state index >= 15 is 0 Å². The second kappa shape index (κ2) is 7.33. The molecule has 1 atom stereocenters. The van der Waals surface area contributed by atoms with Crippen molar-refractivity contribution < 1.29 is 14.7 Å². The monoisotopic (exact) mass is 271 g/mol. The number of carbonyl (C=O) groups is 2. The van der Waals surface area contributed by atoms with Gasteiger partial charge in [-0.1, -0.05) is 13.8 Å². The van der Waals surface area contributed by atoms with Gasteiger partial charge in [0, 0.05) is 13.1 Å².